The lowest BCUT2D eigenvalue weighted by molar-refractivity contribution is 0.286. The molecule has 4 rings (SSSR count). The summed E-state index contributed by atoms with van der Waals surface area (Å²) in [5.41, 5.74) is 1.21. The van der Waals surface area contributed by atoms with E-state index in [1.165, 1.54) is 37.2 Å². The smallest absolute Gasteiger partial charge is 0.291 e. The van der Waals surface area contributed by atoms with Gasteiger partial charge in [-0.05, 0) is 42.3 Å². The maximum Gasteiger partial charge on any atom is 0.291 e. The van der Waals surface area contributed by atoms with Gasteiger partial charge in [-0.25, -0.2) is 0 Å². The Morgan fingerprint density at radius 3 is 2.25 bits per heavy atom. The van der Waals surface area contributed by atoms with Crippen molar-refractivity contribution in [1.82, 2.24) is 14.6 Å². The third-order valence-corrected chi connectivity index (χ3v) is 6.55. The maximum absolute atomic E-state index is 13.1. The van der Waals surface area contributed by atoms with Gasteiger partial charge in [0.1, 0.15) is 0 Å². The highest BCUT2D eigenvalue weighted by molar-refractivity contribution is 7.15. The minimum Gasteiger partial charge on any atom is -0.493 e. The zero-order valence-electron chi connectivity index (χ0n) is 21.0. The molecule has 2 aromatic carbocycles. The molecular formula is C26H29N3O6S. The number of rotatable bonds is 11. The molecule has 0 unspecified atom stereocenters. The Morgan fingerprint density at radius 1 is 0.917 bits per heavy atom. The van der Waals surface area contributed by atoms with E-state index in [4.69, 9.17) is 23.7 Å². The Labute approximate surface area is 212 Å². The van der Waals surface area contributed by atoms with Crippen LogP contribution in [0, 0.1) is 0 Å². The standard InChI is InChI=1S/C26H29N3O6S/c1-6-7-8-11-35-18-10-9-16(12-19(18)31-2)13-22-25(30)29-26(36-22)27-24(28-29)17-14-20(32-3)23(34-5)21(15-17)33-4/h9-10,12-15H,6-8,11H2,1-5H3. The van der Waals surface area contributed by atoms with E-state index >= 15 is 0 Å². The van der Waals surface area contributed by atoms with Gasteiger partial charge in [-0.3, -0.25) is 4.79 Å². The number of aromatic nitrogens is 3. The van der Waals surface area contributed by atoms with E-state index in [0.717, 1.165) is 24.8 Å². The number of nitrogens with zero attached hydrogens (tertiary/aromatic N) is 3. The van der Waals surface area contributed by atoms with Crippen LogP contribution in [-0.2, 0) is 0 Å². The second-order valence-corrected chi connectivity index (χ2v) is 8.93. The zero-order chi connectivity index (χ0) is 25.7. The lowest BCUT2D eigenvalue weighted by Gasteiger charge is -2.12. The molecule has 2 heterocycles. The van der Waals surface area contributed by atoms with Crippen molar-refractivity contribution in [2.75, 3.05) is 35.0 Å². The molecule has 0 saturated heterocycles. The van der Waals surface area contributed by atoms with E-state index in [2.05, 4.69) is 17.0 Å². The molecule has 0 radical (unpaired) electrons. The van der Waals surface area contributed by atoms with E-state index in [1.807, 2.05) is 18.2 Å². The van der Waals surface area contributed by atoms with Crippen LogP contribution >= 0.6 is 11.3 Å². The predicted octanol–water partition coefficient (Wildman–Crippen LogP) is 3.97. The van der Waals surface area contributed by atoms with Crippen molar-refractivity contribution in [3.05, 3.63) is 50.8 Å². The van der Waals surface area contributed by atoms with E-state index in [9.17, 15) is 4.79 Å². The highest BCUT2D eigenvalue weighted by Crippen LogP contribution is 2.40. The zero-order valence-corrected chi connectivity index (χ0v) is 21.8. The fourth-order valence-electron chi connectivity index (χ4n) is 3.74. The Balaban J connectivity index is 1.65. The lowest BCUT2D eigenvalue weighted by atomic mass is 10.1. The van der Waals surface area contributed by atoms with Crippen LogP contribution in [0.3, 0.4) is 0 Å². The number of thiazole rings is 1. The van der Waals surface area contributed by atoms with Crippen molar-refractivity contribution in [2.24, 2.45) is 0 Å². The maximum atomic E-state index is 13.1. The second kappa shape index (κ2) is 11.3. The van der Waals surface area contributed by atoms with E-state index in [0.29, 0.717) is 56.2 Å². The molecule has 4 aromatic rings. The van der Waals surface area contributed by atoms with Crippen molar-refractivity contribution in [1.29, 1.82) is 0 Å². The van der Waals surface area contributed by atoms with Gasteiger partial charge in [0.15, 0.2) is 28.8 Å². The summed E-state index contributed by atoms with van der Waals surface area (Å²) in [5, 5.41) is 4.43. The molecule has 0 aliphatic carbocycles. The first-order valence-electron chi connectivity index (χ1n) is 11.5. The molecule has 0 saturated carbocycles. The van der Waals surface area contributed by atoms with Crippen molar-refractivity contribution < 1.29 is 23.7 Å². The lowest BCUT2D eigenvalue weighted by Crippen LogP contribution is -2.23. The Kier molecular flexibility index (Phi) is 7.94. The topological polar surface area (TPSA) is 93.4 Å². The molecule has 0 aliphatic rings. The summed E-state index contributed by atoms with van der Waals surface area (Å²) in [7, 11) is 6.22. The quantitative estimate of drug-likeness (QED) is 0.279. The van der Waals surface area contributed by atoms with Crippen molar-refractivity contribution in [3.8, 4) is 40.1 Å². The number of ether oxygens (including phenoxy) is 5. The van der Waals surface area contributed by atoms with E-state index in [1.54, 1.807) is 25.3 Å². The van der Waals surface area contributed by atoms with Gasteiger partial charge in [0.2, 0.25) is 10.7 Å². The number of fused-ring (bicyclic) bond motifs is 1. The molecule has 0 aliphatic heterocycles. The van der Waals surface area contributed by atoms with Crippen molar-refractivity contribution in [3.63, 3.8) is 0 Å². The molecule has 0 atom stereocenters. The molecule has 9 nitrogen and oxygen atoms in total. The summed E-state index contributed by atoms with van der Waals surface area (Å²) in [6.45, 7) is 2.79. The normalized spacial score (nSPS) is 11.6. The minimum atomic E-state index is -0.250. The van der Waals surface area contributed by atoms with Gasteiger partial charge >= 0.3 is 0 Å². The Hall–Kier alpha value is -3.79. The monoisotopic (exact) mass is 511 g/mol. The number of benzene rings is 2. The van der Waals surface area contributed by atoms with Crippen LogP contribution in [0.25, 0.3) is 22.4 Å². The van der Waals surface area contributed by atoms with Gasteiger partial charge in [0.25, 0.3) is 5.56 Å². The SMILES string of the molecule is CCCCCOc1ccc(C=c2sc3nc(-c4cc(OC)c(OC)c(OC)c4)nn3c2=O)cc1OC. The van der Waals surface area contributed by atoms with Crippen LogP contribution in [0.4, 0.5) is 0 Å². The fraction of sp³-hybridized carbons (Fsp3) is 0.346. The van der Waals surface area contributed by atoms with Crippen LogP contribution in [0.2, 0.25) is 0 Å². The first-order valence-corrected chi connectivity index (χ1v) is 12.4. The molecule has 0 spiro atoms. The van der Waals surface area contributed by atoms with Crippen molar-refractivity contribution in [2.45, 2.75) is 26.2 Å². The minimum absolute atomic E-state index is 0.250. The van der Waals surface area contributed by atoms with E-state index < -0.39 is 0 Å². The molecule has 0 N–H and O–H groups in total. The number of hydrogen-bond donors (Lipinski definition) is 0. The molecule has 0 fully saturated rings. The number of methoxy groups -OCH3 is 4. The van der Waals surface area contributed by atoms with Gasteiger partial charge in [-0.2, -0.15) is 9.50 Å². The summed E-state index contributed by atoms with van der Waals surface area (Å²) in [6.07, 6.45) is 5.05. The second-order valence-electron chi connectivity index (χ2n) is 7.93. The van der Waals surface area contributed by atoms with Gasteiger partial charge in [0.05, 0.1) is 39.6 Å². The Bertz CT molecular complexity index is 1440. The van der Waals surface area contributed by atoms with Gasteiger partial charge < -0.3 is 23.7 Å². The van der Waals surface area contributed by atoms with Crippen LogP contribution < -0.4 is 33.8 Å². The van der Waals surface area contributed by atoms with E-state index in [-0.39, 0.29) is 5.56 Å². The average molecular weight is 512 g/mol. The van der Waals surface area contributed by atoms with Crippen LogP contribution in [0.5, 0.6) is 28.7 Å². The average Bonchev–Trinajstić information content (AvgIpc) is 3.45. The van der Waals surface area contributed by atoms with Crippen LogP contribution in [0.15, 0.2) is 35.1 Å². The first-order chi connectivity index (χ1) is 17.5. The van der Waals surface area contributed by atoms with Gasteiger partial charge in [0, 0.05) is 5.56 Å². The molecule has 10 heteroatoms. The Morgan fingerprint density at radius 2 is 1.64 bits per heavy atom. The molecule has 0 bridgehead atoms. The predicted molar refractivity (Wildman–Crippen MR) is 139 cm³/mol. The van der Waals surface area contributed by atoms with Gasteiger partial charge in [-0.1, -0.05) is 37.2 Å². The summed E-state index contributed by atoms with van der Waals surface area (Å²) in [4.78, 5) is 18.1. The number of hydrogen-bond acceptors (Lipinski definition) is 9. The highest BCUT2D eigenvalue weighted by atomic mass is 32.1. The van der Waals surface area contributed by atoms with Crippen LogP contribution in [-0.4, -0.2) is 49.6 Å². The molecular weight excluding hydrogens is 482 g/mol. The van der Waals surface area contributed by atoms with Crippen LogP contribution in [0.1, 0.15) is 31.7 Å². The van der Waals surface area contributed by atoms with Crippen molar-refractivity contribution >= 4 is 22.4 Å². The molecule has 36 heavy (non-hydrogen) atoms. The third kappa shape index (κ3) is 5.08. The highest BCUT2D eigenvalue weighted by Gasteiger charge is 2.18. The van der Waals surface area contributed by atoms with Gasteiger partial charge in [-0.15, -0.1) is 5.10 Å². The molecule has 2 aromatic heterocycles. The first kappa shape index (κ1) is 25.3. The summed E-state index contributed by atoms with van der Waals surface area (Å²) in [6, 6.07) is 9.10. The summed E-state index contributed by atoms with van der Waals surface area (Å²) < 4.78 is 29.4. The summed E-state index contributed by atoms with van der Waals surface area (Å²) >= 11 is 1.26. The third-order valence-electron chi connectivity index (χ3n) is 5.60. The fourth-order valence-corrected chi connectivity index (χ4v) is 4.65. The number of unbranched alkanes of at least 4 members (excludes halogenated alkanes) is 2. The largest absolute Gasteiger partial charge is 0.493 e. The summed E-state index contributed by atoms with van der Waals surface area (Å²) in [5.74, 6) is 3.12. The molecule has 0 amide bonds. The molecule has 190 valence electrons.